The van der Waals surface area contributed by atoms with Crippen LogP contribution in [0.4, 0.5) is 0 Å². The fourth-order valence-electron chi connectivity index (χ4n) is 1.85. The Hall–Kier alpha value is -0.940. The monoisotopic (exact) mass is 284 g/mol. The molecule has 4 nitrogen and oxygen atoms in total. The molecule has 0 bridgehead atoms. The van der Waals surface area contributed by atoms with E-state index in [0.29, 0.717) is 18.7 Å². The van der Waals surface area contributed by atoms with Crippen LogP contribution in [0.5, 0.6) is 0 Å². The van der Waals surface area contributed by atoms with Gasteiger partial charge in [-0.25, -0.2) is 0 Å². The minimum Gasteiger partial charge on any atom is -0.391 e. The molecule has 0 radical (unpaired) electrons. The molecule has 1 fully saturated rings. The molecule has 1 amide bonds. The van der Waals surface area contributed by atoms with Gasteiger partial charge in [0.2, 0.25) is 0 Å². The van der Waals surface area contributed by atoms with Crippen LogP contribution in [0.25, 0.3) is 0 Å². The second-order valence-electron chi connectivity index (χ2n) is 3.94. The number of rotatable bonds is 1. The van der Waals surface area contributed by atoms with E-state index in [1.54, 1.807) is 23.4 Å². The highest BCUT2D eigenvalue weighted by atomic mass is 79.9. The Morgan fingerprint density at radius 1 is 1.56 bits per heavy atom. The summed E-state index contributed by atoms with van der Waals surface area (Å²) in [7, 11) is 0. The van der Waals surface area contributed by atoms with Crippen molar-refractivity contribution in [2.24, 2.45) is 0 Å². The molecule has 1 aromatic rings. The Kier molecular flexibility index (Phi) is 3.56. The molecule has 1 aliphatic heterocycles. The first-order valence-electron chi connectivity index (χ1n) is 5.24. The first-order chi connectivity index (χ1) is 7.66. The van der Waals surface area contributed by atoms with Crippen LogP contribution < -0.4 is 0 Å². The highest BCUT2D eigenvalue weighted by molar-refractivity contribution is 9.10. The van der Waals surface area contributed by atoms with Gasteiger partial charge in [0.15, 0.2) is 0 Å². The number of hydrogen-bond donors (Lipinski definition) is 1. The number of halogens is 1. The van der Waals surface area contributed by atoms with Gasteiger partial charge in [0.05, 0.1) is 11.7 Å². The highest BCUT2D eigenvalue weighted by Gasteiger charge is 2.23. The average molecular weight is 285 g/mol. The molecule has 1 aromatic heterocycles. The van der Waals surface area contributed by atoms with E-state index in [1.807, 2.05) is 0 Å². The molecule has 0 saturated carbocycles. The molecule has 1 aliphatic rings. The Morgan fingerprint density at radius 2 is 2.38 bits per heavy atom. The number of pyridine rings is 1. The third kappa shape index (κ3) is 2.59. The maximum Gasteiger partial charge on any atom is 0.255 e. The van der Waals surface area contributed by atoms with Gasteiger partial charge in [0.25, 0.3) is 5.91 Å². The molecule has 1 atom stereocenters. The number of amides is 1. The normalized spacial score (nSPS) is 20.9. The Labute approximate surface area is 102 Å². The third-order valence-electron chi connectivity index (χ3n) is 2.64. The molecule has 1 N–H and O–H groups in total. The van der Waals surface area contributed by atoms with Gasteiger partial charge in [-0.05, 0) is 34.8 Å². The summed E-state index contributed by atoms with van der Waals surface area (Å²) in [6.45, 7) is 1.13. The number of likely N-dealkylation sites (tertiary alicyclic amines) is 1. The number of aliphatic hydroxyl groups is 1. The van der Waals surface area contributed by atoms with Crippen molar-refractivity contribution < 1.29 is 9.90 Å². The average Bonchev–Trinajstić information content (AvgIpc) is 2.28. The van der Waals surface area contributed by atoms with Crippen LogP contribution in [0.15, 0.2) is 22.9 Å². The van der Waals surface area contributed by atoms with Crippen molar-refractivity contribution in [2.75, 3.05) is 13.1 Å². The number of hydrogen-bond acceptors (Lipinski definition) is 3. The van der Waals surface area contributed by atoms with Crippen molar-refractivity contribution in [1.29, 1.82) is 0 Å². The third-order valence-corrected chi connectivity index (χ3v) is 3.07. The second kappa shape index (κ2) is 4.93. The van der Waals surface area contributed by atoms with Crippen molar-refractivity contribution in [3.8, 4) is 0 Å². The zero-order valence-electron chi connectivity index (χ0n) is 8.77. The predicted molar refractivity (Wildman–Crippen MR) is 63.1 cm³/mol. The predicted octanol–water partition coefficient (Wildman–Crippen LogP) is 1.44. The number of nitrogens with zero attached hydrogens (tertiary/aromatic N) is 2. The van der Waals surface area contributed by atoms with Gasteiger partial charge < -0.3 is 10.0 Å². The summed E-state index contributed by atoms with van der Waals surface area (Å²) in [5, 5.41) is 9.51. The van der Waals surface area contributed by atoms with Crippen LogP contribution in [0.3, 0.4) is 0 Å². The Balaban J connectivity index is 2.12. The van der Waals surface area contributed by atoms with Gasteiger partial charge in [-0.15, -0.1) is 0 Å². The van der Waals surface area contributed by atoms with Gasteiger partial charge >= 0.3 is 0 Å². The number of β-amino-alcohol motifs (C(OH)–C–C–N with tert-alkyl or cyclic N) is 1. The Bertz CT molecular complexity index is 397. The summed E-state index contributed by atoms with van der Waals surface area (Å²) >= 11 is 3.28. The van der Waals surface area contributed by atoms with Crippen LogP contribution >= 0.6 is 15.9 Å². The maximum absolute atomic E-state index is 12.1. The first kappa shape index (κ1) is 11.5. The number of piperidine rings is 1. The largest absolute Gasteiger partial charge is 0.391 e. The molecule has 86 valence electrons. The minimum absolute atomic E-state index is 0.0625. The molecule has 0 aliphatic carbocycles. The molecule has 1 saturated heterocycles. The van der Waals surface area contributed by atoms with Crippen molar-refractivity contribution in [1.82, 2.24) is 9.88 Å². The van der Waals surface area contributed by atoms with Crippen LogP contribution in [0.2, 0.25) is 0 Å². The fraction of sp³-hybridized carbons (Fsp3) is 0.455. The summed E-state index contributed by atoms with van der Waals surface area (Å²) in [6.07, 6.45) is 4.43. The van der Waals surface area contributed by atoms with Crippen LogP contribution in [0, 0.1) is 0 Å². The quantitative estimate of drug-likeness (QED) is 0.849. The van der Waals surface area contributed by atoms with E-state index < -0.39 is 6.10 Å². The summed E-state index contributed by atoms with van der Waals surface area (Å²) in [5.41, 5.74) is 0.559. The topological polar surface area (TPSA) is 53.4 Å². The molecule has 2 rings (SSSR count). The van der Waals surface area contributed by atoms with E-state index in [0.717, 1.165) is 17.3 Å². The molecular weight excluding hydrogens is 272 g/mol. The lowest BCUT2D eigenvalue weighted by molar-refractivity contribution is 0.0473. The second-order valence-corrected chi connectivity index (χ2v) is 4.85. The molecule has 16 heavy (non-hydrogen) atoms. The molecule has 2 heterocycles. The lowest BCUT2D eigenvalue weighted by Gasteiger charge is -2.30. The molecular formula is C11H13BrN2O2. The smallest absolute Gasteiger partial charge is 0.255 e. The summed E-state index contributed by atoms with van der Waals surface area (Å²) < 4.78 is 0.788. The van der Waals surface area contributed by atoms with E-state index >= 15 is 0 Å². The van der Waals surface area contributed by atoms with Crippen molar-refractivity contribution >= 4 is 21.8 Å². The van der Waals surface area contributed by atoms with Crippen LogP contribution in [-0.4, -0.2) is 40.1 Å². The molecule has 0 aromatic carbocycles. The maximum atomic E-state index is 12.1. The van der Waals surface area contributed by atoms with E-state index in [-0.39, 0.29) is 5.91 Å². The van der Waals surface area contributed by atoms with Gasteiger partial charge in [-0.2, -0.15) is 0 Å². The van der Waals surface area contributed by atoms with Gasteiger partial charge in [-0.3, -0.25) is 9.78 Å². The SMILES string of the molecule is O=C(c1cncc(Br)c1)N1CCC[C@H](O)C1. The zero-order chi connectivity index (χ0) is 11.5. The van der Waals surface area contributed by atoms with E-state index in [4.69, 9.17) is 0 Å². The van der Waals surface area contributed by atoms with Gasteiger partial charge in [0, 0.05) is 30.0 Å². The molecule has 0 unspecified atom stereocenters. The van der Waals surface area contributed by atoms with Crippen molar-refractivity contribution in [3.05, 3.63) is 28.5 Å². The lowest BCUT2D eigenvalue weighted by atomic mass is 10.1. The first-order valence-corrected chi connectivity index (χ1v) is 6.04. The van der Waals surface area contributed by atoms with Crippen LogP contribution in [0.1, 0.15) is 23.2 Å². The Morgan fingerprint density at radius 3 is 3.06 bits per heavy atom. The van der Waals surface area contributed by atoms with E-state index in [2.05, 4.69) is 20.9 Å². The van der Waals surface area contributed by atoms with Gasteiger partial charge in [-0.1, -0.05) is 0 Å². The van der Waals surface area contributed by atoms with Crippen molar-refractivity contribution in [2.45, 2.75) is 18.9 Å². The number of aromatic nitrogens is 1. The molecule has 5 heteroatoms. The summed E-state index contributed by atoms with van der Waals surface area (Å²) in [6, 6.07) is 1.75. The summed E-state index contributed by atoms with van der Waals surface area (Å²) in [5.74, 6) is -0.0625. The number of carbonyl (C=O) groups is 1. The highest BCUT2D eigenvalue weighted by Crippen LogP contribution is 2.15. The molecule has 0 spiro atoms. The lowest BCUT2D eigenvalue weighted by Crippen LogP contribution is -2.42. The van der Waals surface area contributed by atoms with E-state index in [1.165, 1.54) is 0 Å². The van der Waals surface area contributed by atoms with Gasteiger partial charge in [0.1, 0.15) is 0 Å². The standard InChI is InChI=1S/C11H13BrN2O2/c12-9-4-8(5-13-6-9)11(16)14-3-1-2-10(15)7-14/h4-6,10,15H,1-3,7H2/t10-/m0/s1. The fourth-order valence-corrected chi connectivity index (χ4v) is 2.22. The number of aliphatic hydroxyl groups excluding tert-OH is 1. The zero-order valence-corrected chi connectivity index (χ0v) is 10.4. The van der Waals surface area contributed by atoms with Crippen LogP contribution in [-0.2, 0) is 0 Å². The van der Waals surface area contributed by atoms with E-state index in [9.17, 15) is 9.90 Å². The van der Waals surface area contributed by atoms with Crippen molar-refractivity contribution in [3.63, 3.8) is 0 Å². The summed E-state index contributed by atoms with van der Waals surface area (Å²) in [4.78, 5) is 17.7. The minimum atomic E-state index is -0.391. The number of carbonyl (C=O) groups excluding carboxylic acids is 1.